The Morgan fingerprint density at radius 3 is 2.69 bits per heavy atom. The third-order valence-electron chi connectivity index (χ3n) is 2.64. The zero-order valence-corrected chi connectivity index (χ0v) is 7.86. The lowest BCUT2D eigenvalue weighted by Gasteiger charge is -2.11. The molecule has 2 rings (SSSR count). The number of aryl methyl sites for hydroxylation is 1. The molecule has 0 unspecified atom stereocenters. The van der Waals surface area contributed by atoms with Crippen molar-refractivity contribution < 1.29 is 5.11 Å². The van der Waals surface area contributed by atoms with E-state index in [0.717, 1.165) is 18.2 Å². The van der Waals surface area contributed by atoms with Crippen molar-refractivity contribution in [3.63, 3.8) is 0 Å². The summed E-state index contributed by atoms with van der Waals surface area (Å²) in [5.74, 6) is 1.84. The Kier molecular flexibility index (Phi) is 2.05. The summed E-state index contributed by atoms with van der Waals surface area (Å²) in [5.41, 5.74) is 0. The summed E-state index contributed by atoms with van der Waals surface area (Å²) in [4.78, 5) is 0. The third-order valence-corrected chi connectivity index (χ3v) is 2.64. The maximum absolute atomic E-state index is 9.63. The van der Waals surface area contributed by atoms with Gasteiger partial charge >= 0.3 is 0 Å². The van der Waals surface area contributed by atoms with Crippen molar-refractivity contribution in [2.45, 2.75) is 18.9 Å². The topological polar surface area (TPSA) is 63.0 Å². The Balaban J connectivity index is 2.29. The standard InChI is InChI=1S/C8H14N4O/c1-5-10-11-8(12(5)2)6-3-9-4-7(6)13/h6-7,9,13H,3-4H2,1-2H3/t6-,7-/m1/s1. The van der Waals surface area contributed by atoms with Crippen LogP contribution in [0.5, 0.6) is 0 Å². The van der Waals surface area contributed by atoms with Gasteiger partial charge in [0.05, 0.1) is 12.0 Å². The predicted octanol–water partition coefficient (Wildman–Crippen LogP) is -0.829. The van der Waals surface area contributed by atoms with Gasteiger partial charge in [-0.15, -0.1) is 10.2 Å². The number of β-amino-alcohol motifs (C(OH)–C–C–N with tert-alkyl or cyclic N) is 1. The van der Waals surface area contributed by atoms with Gasteiger partial charge in [0.2, 0.25) is 0 Å². The highest BCUT2D eigenvalue weighted by atomic mass is 16.3. The van der Waals surface area contributed by atoms with Gasteiger partial charge in [-0.25, -0.2) is 0 Å². The van der Waals surface area contributed by atoms with Crippen LogP contribution in [0.4, 0.5) is 0 Å². The van der Waals surface area contributed by atoms with Crippen molar-refractivity contribution >= 4 is 0 Å². The lowest BCUT2D eigenvalue weighted by Crippen LogP contribution is -2.19. The summed E-state index contributed by atoms with van der Waals surface area (Å²) >= 11 is 0. The van der Waals surface area contributed by atoms with E-state index < -0.39 is 0 Å². The molecule has 0 aromatic carbocycles. The van der Waals surface area contributed by atoms with Crippen molar-refractivity contribution in [1.29, 1.82) is 0 Å². The van der Waals surface area contributed by atoms with E-state index in [9.17, 15) is 5.11 Å². The molecule has 0 aliphatic carbocycles. The molecule has 0 radical (unpaired) electrons. The van der Waals surface area contributed by atoms with E-state index in [2.05, 4.69) is 15.5 Å². The van der Waals surface area contributed by atoms with Gasteiger partial charge in [0.15, 0.2) is 0 Å². The molecule has 13 heavy (non-hydrogen) atoms. The molecule has 1 aliphatic rings. The summed E-state index contributed by atoms with van der Waals surface area (Å²) in [7, 11) is 1.93. The smallest absolute Gasteiger partial charge is 0.139 e. The SMILES string of the molecule is Cc1nnc([C@@H]2CNC[C@H]2O)n1C. The highest BCUT2D eigenvalue weighted by molar-refractivity contribution is 5.06. The normalized spacial score (nSPS) is 28.2. The van der Waals surface area contributed by atoms with Crippen LogP contribution in [0.2, 0.25) is 0 Å². The molecular formula is C8H14N4O. The number of rotatable bonds is 1. The molecule has 5 nitrogen and oxygen atoms in total. The monoisotopic (exact) mass is 182 g/mol. The maximum Gasteiger partial charge on any atom is 0.139 e. The second kappa shape index (κ2) is 3.08. The molecule has 2 atom stereocenters. The average molecular weight is 182 g/mol. The molecule has 72 valence electrons. The van der Waals surface area contributed by atoms with E-state index in [1.54, 1.807) is 0 Å². The molecule has 2 heterocycles. The van der Waals surface area contributed by atoms with Crippen LogP contribution in [0.1, 0.15) is 17.6 Å². The van der Waals surface area contributed by atoms with Crippen LogP contribution in [-0.4, -0.2) is 39.1 Å². The van der Waals surface area contributed by atoms with Gasteiger partial charge in [-0.2, -0.15) is 0 Å². The van der Waals surface area contributed by atoms with Gasteiger partial charge in [0, 0.05) is 20.1 Å². The molecule has 0 bridgehead atoms. The summed E-state index contributed by atoms with van der Waals surface area (Å²) in [6, 6.07) is 0. The Bertz CT molecular complexity index is 309. The van der Waals surface area contributed by atoms with Crippen molar-refractivity contribution in [1.82, 2.24) is 20.1 Å². The zero-order valence-electron chi connectivity index (χ0n) is 7.86. The minimum atomic E-state index is -0.331. The van der Waals surface area contributed by atoms with Crippen LogP contribution in [0, 0.1) is 6.92 Å². The van der Waals surface area contributed by atoms with Gasteiger partial charge in [-0.05, 0) is 6.92 Å². The quantitative estimate of drug-likeness (QED) is 0.595. The largest absolute Gasteiger partial charge is 0.391 e. The van der Waals surface area contributed by atoms with Crippen molar-refractivity contribution in [2.24, 2.45) is 7.05 Å². The van der Waals surface area contributed by atoms with Gasteiger partial charge in [0.1, 0.15) is 11.6 Å². The van der Waals surface area contributed by atoms with Crippen LogP contribution < -0.4 is 5.32 Å². The lowest BCUT2D eigenvalue weighted by molar-refractivity contribution is 0.173. The van der Waals surface area contributed by atoms with Crippen LogP contribution in [0.15, 0.2) is 0 Å². The maximum atomic E-state index is 9.63. The van der Waals surface area contributed by atoms with Crippen LogP contribution in [0.25, 0.3) is 0 Å². The van der Waals surface area contributed by atoms with Crippen LogP contribution in [-0.2, 0) is 7.05 Å². The van der Waals surface area contributed by atoms with Crippen molar-refractivity contribution in [3.8, 4) is 0 Å². The highest BCUT2D eigenvalue weighted by Gasteiger charge is 2.30. The second-order valence-electron chi connectivity index (χ2n) is 3.50. The summed E-state index contributed by atoms with van der Waals surface area (Å²) in [6.45, 7) is 3.34. The van der Waals surface area contributed by atoms with E-state index in [1.165, 1.54) is 0 Å². The Labute approximate surface area is 76.8 Å². The van der Waals surface area contributed by atoms with E-state index in [1.807, 2.05) is 18.5 Å². The van der Waals surface area contributed by atoms with Crippen molar-refractivity contribution in [2.75, 3.05) is 13.1 Å². The minimum absolute atomic E-state index is 0.0891. The fraction of sp³-hybridized carbons (Fsp3) is 0.750. The number of aliphatic hydroxyl groups excluding tert-OH is 1. The molecule has 1 saturated heterocycles. The number of nitrogens with zero attached hydrogens (tertiary/aromatic N) is 3. The molecule has 1 aromatic heterocycles. The number of aromatic nitrogens is 3. The first kappa shape index (κ1) is 8.65. The number of nitrogens with one attached hydrogen (secondary N) is 1. The lowest BCUT2D eigenvalue weighted by atomic mass is 10.1. The average Bonchev–Trinajstić information content (AvgIpc) is 2.62. The predicted molar refractivity (Wildman–Crippen MR) is 47.4 cm³/mol. The summed E-state index contributed by atoms with van der Waals surface area (Å²) in [5, 5.41) is 20.8. The van der Waals surface area contributed by atoms with E-state index in [0.29, 0.717) is 6.54 Å². The number of aliphatic hydroxyl groups is 1. The minimum Gasteiger partial charge on any atom is -0.391 e. The summed E-state index contributed by atoms with van der Waals surface area (Å²) < 4.78 is 1.93. The van der Waals surface area contributed by atoms with E-state index >= 15 is 0 Å². The molecular weight excluding hydrogens is 168 g/mol. The molecule has 1 fully saturated rings. The van der Waals surface area contributed by atoms with Gasteiger partial charge in [-0.3, -0.25) is 0 Å². The van der Waals surface area contributed by atoms with E-state index in [-0.39, 0.29) is 12.0 Å². The van der Waals surface area contributed by atoms with E-state index in [4.69, 9.17) is 0 Å². The fourth-order valence-corrected chi connectivity index (χ4v) is 1.67. The molecule has 0 spiro atoms. The van der Waals surface area contributed by atoms with Crippen molar-refractivity contribution in [3.05, 3.63) is 11.6 Å². The zero-order chi connectivity index (χ0) is 9.42. The molecule has 1 aromatic rings. The molecule has 0 saturated carbocycles. The van der Waals surface area contributed by atoms with Crippen LogP contribution >= 0.6 is 0 Å². The Morgan fingerprint density at radius 2 is 2.23 bits per heavy atom. The molecule has 2 N–H and O–H groups in total. The number of hydrogen-bond acceptors (Lipinski definition) is 4. The first-order valence-corrected chi connectivity index (χ1v) is 4.45. The molecule has 1 aliphatic heterocycles. The first-order valence-electron chi connectivity index (χ1n) is 4.45. The van der Waals surface area contributed by atoms with Gasteiger partial charge in [-0.1, -0.05) is 0 Å². The fourth-order valence-electron chi connectivity index (χ4n) is 1.67. The Hall–Kier alpha value is -0.940. The number of hydrogen-bond donors (Lipinski definition) is 2. The van der Waals surface area contributed by atoms with Gasteiger partial charge < -0.3 is 15.0 Å². The van der Waals surface area contributed by atoms with Crippen LogP contribution in [0.3, 0.4) is 0 Å². The van der Waals surface area contributed by atoms with Gasteiger partial charge in [0.25, 0.3) is 0 Å². The molecule has 0 amide bonds. The molecule has 5 heteroatoms. The highest BCUT2D eigenvalue weighted by Crippen LogP contribution is 2.20. The second-order valence-corrected chi connectivity index (χ2v) is 3.50. The first-order chi connectivity index (χ1) is 6.20. The summed E-state index contributed by atoms with van der Waals surface area (Å²) in [6.07, 6.45) is -0.331. The third kappa shape index (κ3) is 1.34. The Morgan fingerprint density at radius 1 is 1.46 bits per heavy atom.